The third-order valence-corrected chi connectivity index (χ3v) is 3.44. The summed E-state index contributed by atoms with van der Waals surface area (Å²) >= 11 is 0. The van der Waals surface area contributed by atoms with Crippen molar-refractivity contribution in [3.05, 3.63) is 30.1 Å². The first-order valence-corrected chi connectivity index (χ1v) is 6.35. The van der Waals surface area contributed by atoms with Crippen LogP contribution in [0.25, 0.3) is 11.0 Å². The van der Waals surface area contributed by atoms with Gasteiger partial charge in [-0.3, -0.25) is 4.90 Å². The van der Waals surface area contributed by atoms with Crippen molar-refractivity contribution in [2.75, 3.05) is 13.7 Å². The molecule has 0 radical (unpaired) electrons. The van der Waals surface area contributed by atoms with Gasteiger partial charge in [0.15, 0.2) is 0 Å². The highest BCUT2D eigenvalue weighted by atomic mass is 16.3. The molecule has 18 heavy (non-hydrogen) atoms. The zero-order valence-electron chi connectivity index (χ0n) is 11.2. The van der Waals surface area contributed by atoms with E-state index in [1.165, 1.54) is 5.56 Å². The molecule has 0 saturated heterocycles. The van der Waals surface area contributed by atoms with Crippen LogP contribution in [-0.4, -0.2) is 39.7 Å². The SMILES string of the molecule is CC(C)C(CO)N(C)Cc1ccc2nc[nH]c2c1. The number of imidazole rings is 1. The smallest absolute Gasteiger partial charge is 0.0931 e. The summed E-state index contributed by atoms with van der Waals surface area (Å²) in [5.74, 6) is 0.441. The maximum absolute atomic E-state index is 9.43. The average Bonchev–Trinajstić information content (AvgIpc) is 2.76. The van der Waals surface area contributed by atoms with Crippen molar-refractivity contribution in [3.8, 4) is 0 Å². The highest BCUT2D eigenvalue weighted by molar-refractivity contribution is 5.74. The zero-order valence-corrected chi connectivity index (χ0v) is 11.2. The number of nitrogens with one attached hydrogen (secondary N) is 1. The molecule has 0 spiro atoms. The quantitative estimate of drug-likeness (QED) is 0.850. The molecule has 0 fully saturated rings. The van der Waals surface area contributed by atoms with E-state index in [1.807, 2.05) is 6.07 Å². The molecule has 2 N–H and O–H groups in total. The summed E-state index contributed by atoms with van der Waals surface area (Å²) in [6.45, 7) is 5.30. The molecule has 1 unspecified atom stereocenters. The average molecular weight is 247 g/mol. The second-order valence-electron chi connectivity index (χ2n) is 5.16. The number of aliphatic hydroxyl groups excluding tert-OH is 1. The van der Waals surface area contributed by atoms with Crippen LogP contribution in [0.2, 0.25) is 0 Å². The summed E-state index contributed by atoms with van der Waals surface area (Å²) in [4.78, 5) is 9.53. The van der Waals surface area contributed by atoms with Crippen LogP contribution in [0.1, 0.15) is 19.4 Å². The molecule has 1 aromatic carbocycles. The summed E-state index contributed by atoms with van der Waals surface area (Å²) in [6.07, 6.45) is 1.71. The highest BCUT2D eigenvalue weighted by Crippen LogP contribution is 2.16. The van der Waals surface area contributed by atoms with Crippen LogP contribution in [0, 0.1) is 5.92 Å². The fourth-order valence-corrected chi connectivity index (χ4v) is 2.35. The molecule has 1 aromatic heterocycles. The van der Waals surface area contributed by atoms with E-state index in [-0.39, 0.29) is 12.6 Å². The van der Waals surface area contributed by atoms with Crippen LogP contribution < -0.4 is 0 Å². The second kappa shape index (κ2) is 5.50. The summed E-state index contributed by atoms with van der Waals surface area (Å²) in [5, 5.41) is 9.43. The first-order chi connectivity index (χ1) is 8.61. The van der Waals surface area contributed by atoms with E-state index in [0.717, 1.165) is 17.6 Å². The molecule has 2 rings (SSSR count). The van der Waals surface area contributed by atoms with E-state index in [0.29, 0.717) is 5.92 Å². The Kier molecular flexibility index (Phi) is 3.99. The minimum Gasteiger partial charge on any atom is -0.395 e. The Bertz CT molecular complexity index is 506. The number of likely N-dealkylation sites (N-methyl/N-ethyl adjacent to an activating group) is 1. The van der Waals surface area contributed by atoms with E-state index in [4.69, 9.17) is 0 Å². The minimum absolute atomic E-state index is 0.195. The van der Waals surface area contributed by atoms with Crippen LogP contribution in [0.3, 0.4) is 0 Å². The normalized spacial score (nSPS) is 13.7. The Morgan fingerprint density at radius 1 is 1.39 bits per heavy atom. The van der Waals surface area contributed by atoms with E-state index >= 15 is 0 Å². The van der Waals surface area contributed by atoms with Gasteiger partial charge in [-0.1, -0.05) is 19.9 Å². The first-order valence-electron chi connectivity index (χ1n) is 6.35. The van der Waals surface area contributed by atoms with Gasteiger partial charge in [0.25, 0.3) is 0 Å². The van der Waals surface area contributed by atoms with Crippen LogP contribution in [-0.2, 0) is 6.54 Å². The lowest BCUT2D eigenvalue weighted by molar-refractivity contribution is 0.108. The third kappa shape index (κ3) is 2.71. The van der Waals surface area contributed by atoms with Gasteiger partial charge in [-0.25, -0.2) is 4.98 Å². The summed E-state index contributed by atoms with van der Waals surface area (Å²) in [7, 11) is 2.05. The number of nitrogens with zero attached hydrogens (tertiary/aromatic N) is 2. The van der Waals surface area contributed by atoms with Gasteiger partial charge in [-0.15, -0.1) is 0 Å². The summed E-state index contributed by atoms with van der Waals surface area (Å²) in [6, 6.07) is 6.43. The topological polar surface area (TPSA) is 52.1 Å². The molecule has 2 aromatic rings. The fraction of sp³-hybridized carbons (Fsp3) is 0.500. The van der Waals surface area contributed by atoms with Gasteiger partial charge in [-0.2, -0.15) is 0 Å². The number of hydrogen-bond donors (Lipinski definition) is 2. The second-order valence-corrected chi connectivity index (χ2v) is 5.16. The molecule has 0 aliphatic carbocycles. The molecular formula is C14H21N3O. The van der Waals surface area contributed by atoms with E-state index < -0.39 is 0 Å². The van der Waals surface area contributed by atoms with E-state index in [2.05, 4.69) is 47.9 Å². The first kappa shape index (κ1) is 13.1. The van der Waals surface area contributed by atoms with E-state index in [9.17, 15) is 5.11 Å². The van der Waals surface area contributed by atoms with Crippen LogP contribution in [0.5, 0.6) is 0 Å². The number of H-pyrrole nitrogens is 1. The number of fused-ring (bicyclic) bond motifs is 1. The molecule has 0 saturated carbocycles. The molecule has 1 heterocycles. The number of aromatic nitrogens is 2. The fourth-order valence-electron chi connectivity index (χ4n) is 2.35. The van der Waals surface area contributed by atoms with Gasteiger partial charge >= 0.3 is 0 Å². The van der Waals surface area contributed by atoms with Gasteiger partial charge in [0.2, 0.25) is 0 Å². The third-order valence-electron chi connectivity index (χ3n) is 3.44. The number of hydrogen-bond acceptors (Lipinski definition) is 3. The van der Waals surface area contributed by atoms with Crippen molar-refractivity contribution in [2.45, 2.75) is 26.4 Å². The summed E-state index contributed by atoms with van der Waals surface area (Å²) in [5.41, 5.74) is 3.28. The lowest BCUT2D eigenvalue weighted by atomic mass is 10.0. The maximum Gasteiger partial charge on any atom is 0.0931 e. The summed E-state index contributed by atoms with van der Waals surface area (Å²) < 4.78 is 0. The number of benzene rings is 1. The van der Waals surface area contributed by atoms with Gasteiger partial charge in [0, 0.05) is 12.6 Å². The van der Waals surface area contributed by atoms with Gasteiger partial charge < -0.3 is 10.1 Å². The molecule has 0 bridgehead atoms. The largest absolute Gasteiger partial charge is 0.395 e. The van der Waals surface area contributed by atoms with Crippen molar-refractivity contribution in [2.24, 2.45) is 5.92 Å². The zero-order chi connectivity index (χ0) is 13.1. The Morgan fingerprint density at radius 2 is 2.17 bits per heavy atom. The van der Waals surface area contributed by atoms with Gasteiger partial charge in [0.1, 0.15) is 0 Å². The van der Waals surface area contributed by atoms with Gasteiger partial charge in [-0.05, 0) is 30.7 Å². The predicted molar refractivity (Wildman–Crippen MR) is 73.3 cm³/mol. The standard InChI is InChI=1S/C14H21N3O/c1-10(2)14(8-18)17(3)7-11-4-5-12-13(6-11)16-9-15-12/h4-6,9-10,14,18H,7-8H2,1-3H3,(H,15,16). The van der Waals surface area contributed by atoms with Crippen LogP contribution in [0.15, 0.2) is 24.5 Å². The number of aromatic amines is 1. The maximum atomic E-state index is 9.43. The van der Waals surface area contributed by atoms with Crippen molar-refractivity contribution in [1.82, 2.24) is 14.9 Å². The molecule has 0 aliphatic heterocycles. The lowest BCUT2D eigenvalue weighted by Gasteiger charge is -2.29. The predicted octanol–water partition coefficient (Wildman–Crippen LogP) is 2.01. The molecule has 0 amide bonds. The lowest BCUT2D eigenvalue weighted by Crippen LogP contribution is -2.38. The Labute approximate surface area is 108 Å². The van der Waals surface area contributed by atoms with Crippen molar-refractivity contribution >= 4 is 11.0 Å². The highest BCUT2D eigenvalue weighted by Gasteiger charge is 2.17. The van der Waals surface area contributed by atoms with Crippen molar-refractivity contribution in [1.29, 1.82) is 0 Å². The van der Waals surface area contributed by atoms with Crippen LogP contribution >= 0.6 is 0 Å². The van der Waals surface area contributed by atoms with Crippen molar-refractivity contribution < 1.29 is 5.11 Å². The Morgan fingerprint density at radius 3 is 2.83 bits per heavy atom. The van der Waals surface area contributed by atoms with Crippen LogP contribution in [0.4, 0.5) is 0 Å². The Hall–Kier alpha value is -1.39. The monoisotopic (exact) mass is 247 g/mol. The molecule has 0 aliphatic rings. The molecule has 4 heteroatoms. The Balaban J connectivity index is 2.12. The number of aliphatic hydroxyl groups is 1. The molecule has 4 nitrogen and oxygen atoms in total. The molecule has 98 valence electrons. The van der Waals surface area contributed by atoms with Gasteiger partial charge in [0.05, 0.1) is 24.0 Å². The molecular weight excluding hydrogens is 226 g/mol. The molecule has 1 atom stereocenters. The number of rotatable bonds is 5. The van der Waals surface area contributed by atoms with E-state index in [1.54, 1.807) is 6.33 Å². The van der Waals surface area contributed by atoms with Crippen molar-refractivity contribution in [3.63, 3.8) is 0 Å². The minimum atomic E-state index is 0.195.